The molecule has 1 aromatic heterocycles. The number of nitrogens with one attached hydrogen (secondary N) is 2. The molecule has 3 amide bonds. The van der Waals surface area contributed by atoms with Gasteiger partial charge in [0.1, 0.15) is 11.5 Å². The normalized spacial score (nSPS) is 15.3. The Morgan fingerprint density at radius 3 is 2.52 bits per heavy atom. The van der Waals surface area contributed by atoms with Crippen LogP contribution in [0.5, 0.6) is 0 Å². The second-order valence-corrected chi connectivity index (χ2v) is 8.27. The molecule has 6 nitrogen and oxygen atoms in total. The molecule has 0 saturated carbocycles. The highest BCUT2D eigenvalue weighted by molar-refractivity contribution is 7.17. The van der Waals surface area contributed by atoms with Gasteiger partial charge in [0.05, 0.1) is 31.1 Å². The van der Waals surface area contributed by atoms with Crippen LogP contribution in [0.3, 0.4) is 0 Å². The van der Waals surface area contributed by atoms with Gasteiger partial charge in [0.15, 0.2) is 0 Å². The van der Waals surface area contributed by atoms with Crippen molar-refractivity contribution in [2.75, 3.05) is 31.3 Å². The number of quaternary nitrogens is 1. The number of amides is 3. The highest BCUT2D eigenvalue weighted by atomic mass is 35.5. The van der Waals surface area contributed by atoms with E-state index in [0.29, 0.717) is 21.3 Å². The number of benzene rings is 1. The van der Waals surface area contributed by atoms with Gasteiger partial charge in [0, 0.05) is 17.1 Å². The SMILES string of the molecule is C[N+]1(C)CCc2c(sc(NC(=O)Nc3ccc(Cl)cc3)c2C(N)=O)C1. The quantitative estimate of drug-likeness (QED) is 0.715. The molecule has 132 valence electrons. The van der Waals surface area contributed by atoms with Crippen molar-refractivity contribution in [1.29, 1.82) is 0 Å². The Kier molecular flexibility index (Phi) is 4.73. The van der Waals surface area contributed by atoms with Gasteiger partial charge in [-0.05, 0) is 29.8 Å². The molecule has 0 bridgehead atoms. The molecule has 3 rings (SSSR count). The maximum absolute atomic E-state index is 12.3. The standard InChI is InChI=1S/C17H19ClN4O2S/c1-22(2)8-7-12-13(9-22)25-16(14(12)15(19)23)21-17(24)20-11-5-3-10(18)4-6-11/h3-6H,7-9H2,1-2H3,(H3-,19,20,21,23,24)/p+1. The first-order chi connectivity index (χ1) is 11.7. The molecule has 0 aliphatic carbocycles. The summed E-state index contributed by atoms with van der Waals surface area (Å²) in [5.74, 6) is -0.508. The number of fused-ring (bicyclic) bond motifs is 1. The molecular weight excluding hydrogens is 360 g/mol. The van der Waals surface area contributed by atoms with Crippen molar-refractivity contribution >= 4 is 45.6 Å². The van der Waals surface area contributed by atoms with Gasteiger partial charge in [-0.1, -0.05) is 11.6 Å². The lowest BCUT2D eigenvalue weighted by Crippen LogP contribution is -2.43. The lowest BCUT2D eigenvalue weighted by atomic mass is 10.0. The van der Waals surface area contributed by atoms with E-state index in [9.17, 15) is 9.59 Å². The lowest BCUT2D eigenvalue weighted by Gasteiger charge is -2.33. The Hall–Kier alpha value is -2.09. The molecule has 2 aromatic rings. The molecule has 1 aliphatic rings. The topological polar surface area (TPSA) is 84.2 Å². The number of carbonyl (C=O) groups is 2. The van der Waals surface area contributed by atoms with E-state index in [2.05, 4.69) is 24.7 Å². The van der Waals surface area contributed by atoms with Crippen molar-refractivity contribution in [2.24, 2.45) is 5.73 Å². The van der Waals surface area contributed by atoms with Crippen LogP contribution in [0.2, 0.25) is 5.02 Å². The molecule has 0 fully saturated rings. The highest BCUT2D eigenvalue weighted by Crippen LogP contribution is 2.38. The minimum atomic E-state index is -0.508. The molecular formula is C17H20ClN4O2S+. The summed E-state index contributed by atoms with van der Waals surface area (Å²) in [6.45, 7) is 1.75. The van der Waals surface area contributed by atoms with Crippen molar-refractivity contribution in [3.05, 3.63) is 45.3 Å². The number of halogens is 1. The van der Waals surface area contributed by atoms with E-state index in [0.717, 1.165) is 34.4 Å². The van der Waals surface area contributed by atoms with Crippen LogP contribution in [-0.4, -0.2) is 37.1 Å². The van der Waals surface area contributed by atoms with Crippen molar-refractivity contribution < 1.29 is 14.1 Å². The molecule has 8 heteroatoms. The van der Waals surface area contributed by atoms with Crippen LogP contribution in [0.1, 0.15) is 20.8 Å². The maximum atomic E-state index is 12.3. The largest absolute Gasteiger partial charge is 0.365 e. The van der Waals surface area contributed by atoms with E-state index < -0.39 is 11.9 Å². The van der Waals surface area contributed by atoms with Crippen LogP contribution in [0.4, 0.5) is 15.5 Å². The van der Waals surface area contributed by atoms with Gasteiger partial charge >= 0.3 is 6.03 Å². The van der Waals surface area contributed by atoms with Gasteiger partial charge in [-0.2, -0.15) is 0 Å². The molecule has 0 spiro atoms. The molecule has 1 aromatic carbocycles. The number of likely N-dealkylation sites (N-methyl/N-ethyl adjacent to an activating group) is 1. The third-order valence-corrected chi connectivity index (χ3v) is 5.59. The average Bonchev–Trinajstić information content (AvgIpc) is 2.85. The van der Waals surface area contributed by atoms with Crippen LogP contribution in [0, 0.1) is 0 Å². The van der Waals surface area contributed by atoms with E-state index in [1.165, 1.54) is 11.3 Å². The van der Waals surface area contributed by atoms with Crippen LogP contribution in [-0.2, 0) is 13.0 Å². The third kappa shape index (κ3) is 3.95. The van der Waals surface area contributed by atoms with Crippen LogP contribution in [0.25, 0.3) is 0 Å². The third-order valence-electron chi connectivity index (χ3n) is 4.21. The summed E-state index contributed by atoms with van der Waals surface area (Å²) in [7, 11) is 4.29. The van der Waals surface area contributed by atoms with E-state index in [1.807, 2.05) is 0 Å². The van der Waals surface area contributed by atoms with Crippen molar-refractivity contribution in [3.8, 4) is 0 Å². The number of primary amides is 1. The van der Waals surface area contributed by atoms with Gasteiger partial charge in [-0.15, -0.1) is 11.3 Å². The predicted molar refractivity (Wildman–Crippen MR) is 101 cm³/mol. The van der Waals surface area contributed by atoms with Gasteiger partial charge in [0.25, 0.3) is 5.91 Å². The summed E-state index contributed by atoms with van der Waals surface area (Å²) in [5.41, 5.74) is 7.59. The first kappa shape index (κ1) is 17.7. The summed E-state index contributed by atoms with van der Waals surface area (Å²) < 4.78 is 0.849. The molecule has 0 atom stereocenters. The van der Waals surface area contributed by atoms with Gasteiger partial charge in [-0.3, -0.25) is 10.1 Å². The van der Waals surface area contributed by atoms with E-state index in [4.69, 9.17) is 17.3 Å². The number of hydrogen-bond acceptors (Lipinski definition) is 3. The Morgan fingerprint density at radius 1 is 1.20 bits per heavy atom. The zero-order valence-electron chi connectivity index (χ0n) is 14.1. The average molecular weight is 380 g/mol. The van der Waals surface area contributed by atoms with Gasteiger partial charge in [-0.25, -0.2) is 4.79 Å². The second kappa shape index (κ2) is 6.67. The molecule has 4 N–H and O–H groups in total. The van der Waals surface area contributed by atoms with Crippen LogP contribution in [0.15, 0.2) is 24.3 Å². The smallest absolute Gasteiger partial charge is 0.324 e. The predicted octanol–water partition coefficient (Wildman–Crippen LogP) is 3.28. The fourth-order valence-corrected chi connectivity index (χ4v) is 4.52. The fourth-order valence-electron chi connectivity index (χ4n) is 2.93. The number of nitrogens with two attached hydrogens (primary N) is 1. The zero-order valence-corrected chi connectivity index (χ0v) is 15.6. The van der Waals surface area contributed by atoms with E-state index in [-0.39, 0.29) is 0 Å². The second-order valence-electron chi connectivity index (χ2n) is 6.73. The molecule has 0 radical (unpaired) electrons. The number of carbonyl (C=O) groups excluding carboxylic acids is 2. The molecule has 25 heavy (non-hydrogen) atoms. The zero-order chi connectivity index (χ0) is 18.2. The highest BCUT2D eigenvalue weighted by Gasteiger charge is 2.32. The van der Waals surface area contributed by atoms with Gasteiger partial charge in [0.2, 0.25) is 0 Å². The number of nitrogens with zero attached hydrogens (tertiary/aromatic N) is 1. The number of thiophene rings is 1. The minimum absolute atomic E-state index is 0.419. The number of urea groups is 1. The van der Waals surface area contributed by atoms with Crippen molar-refractivity contribution in [3.63, 3.8) is 0 Å². The molecule has 0 unspecified atom stereocenters. The number of rotatable bonds is 3. The summed E-state index contributed by atoms with van der Waals surface area (Å²) in [5, 5.41) is 6.59. The Labute approximate surface area is 155 Å². The number of anilines is 2. The van der Waals surface area contributed by atoms with Crippen LogP contribution < -0.4 is 16.4 Å². The first-order valence-corrected chi connectivity index (χ1v) is 9.04. The molecule has 0 saturated heterocycles. The number of hydrogen-bond donors (Lipinski definition) is 3. The lowest BCUT2D eigenvalue weighted by molar-refractivity contribution is -0.905. The fraction of sp³-hybridized carbons (Fsp3) is 0.294. The Morgan fingerprint density at radius 2 is 1.88 bits per heavy atom. The van der Waals surface area contributed by atoms with Crippen molar-refractivity contribution in [2.45, 2.75) is 13.0 Å². The minimum Gasteiger partial charge on any atom is -0.365 e. The molecule has 1 aliphatic heterocycles. The van der Waals surface area contributed by atoms with E-state index >= 15 is 0 Å². The van der Waals surface area contributed by atoms with Crippen LogP contribution >= 0.6 is 22.9 Å². The Balaban J connectivity index is 1.82. The molecule has 2 heterocycles. The maximum Gasteiger partial charge on any atom is 0.324 e. The summed E-state index contributed by atoms with van der Waals surface area (Å²) in [6, 6.07) is 6.37. The summed E-state index contributed by atoms with van der Waals surface area (Å²) in [4.78, 5) is 25.3. The van der Waals surface area contributed by atoms with E-state index in [1.54, 1.807) is 24.3 Å². The first-order valence-electron chi connectivity index (χ1n) is 7.85. The van der Waals surface area contributed by atoms with Gasteiger partial charge < -0.3 is 15.5 Å². The monoisotopic (exact) mass is 379 g/mol. The van der Waals surface area contributed by atoms with Crippen molar-refractivity contribution in [1.82, 2.24) is 0 Å². The summed E-state index contributed by atoms with van der Waals surface area (Å²) in [6.07, 6.45) is 0.775. The Bertz CT molecular complexity index is 830. The summed E-state index contributed by atoms with van der Waals surface area (Å²) >= 11 is 7.26.